The van der Waals surface area contributed by atoms with Gasteiger partial charge in [0, 0.05) is 13.0 Å². The summed E-state index contributed by atoms with van der Waals surface area (Å²) in [4.78, 5) is 14.0. The monoisotopic (exact) mass is 327 g/mol. The van der Waals surface area contributed by atoms with Gasteiger partial charge in [-0.3, -0.25) is 4.79 Å². The summed E-state index contributed by atoms with van der Waals surface area (Å²) in [6.45, 7) is 10.3. The molecule has 0 aromatic rings. The number of carbonyl (C=O) groups is 1. The van der Waals surface area contributed by atoms with E-state index in [9.17, 15) is 4.79 Å². The van der Waals surface area contributed by atoms with Crippen LogP contribution in [-0.4, -0.2) is 37.1 Å². The van der Waals surface area contributed by atoms with Gasteiger partial charge in [0.1, 0.15) is 0 Å². The van der Waals surface area contributed by atoms with E-state index in [-0.39, 0.29) is 5.97 Å². The first-order valence-corrected chi connectivity index (χ1v) is 10.1. The second-order valence-corrected chi connectivity index (χ2v) is 6.53. The molecule has 138 valence electrons. The Kier molecular flexibility index (Phi) is 17.3. The number of esters is 1. The lowest BCUT2D eigenvalue weighted by Crippen LogP contribution is -2.25. The van der Waals surface area contributed by atoms with Gasteiger partial charge in [-0.25, -0.2) is 0 Å². The van der Waals surface area contributed by atoms with E-state index in [1.54, 1.807) is 0 Å². The van der Waals surface area contributed by atoms with Crippen molar-refractivity contribution in [1.29, 1.82) is 0 Å². The van der Waals surface area contributed by atoms with Crippen LogP contribution in [-0.2, 0) is 9.53 Å². The molecule has 0 radical (unpaired) electrons. The summed E-state index contributed by atoms with van der Waals surface area (Å²) in [5, 5.41) is 0. The van der Waals surface area contributed by atoms with E-state index >= 15 is 0 Å². The van der Waals surface area contributed by atoms with E-state index < -0.39 is 0 Å². The number of nitrogens with zero attached hydrogens (tertiary/aromatic N) is 1. The Morgan fingerprint density at radius 1 is 0.739 bits per heavy atom. The first-order valence-electron chi connectivity index (χ1n) is 10.1. The quantitative estimate of drug-likeness (QED) is 0.258. The average Bonchev–Trinajstić information content (AvgIpc) is 2.56. The molecule has 0 saturated carbocycles. The van der Waals surface area contributed by atoms with Gasteiger partial charge in [0.05, 0.1) is 6.61 Å². The molecular formula is C20H41NO2. The van der Waals surface area contributed by atoms with Crippen LogP contribution >= 0.6 is 0 Å². The molecule has 0 atom stereocenters. The molecule has 0 spiro atoms. The fourth-order valence-corrected chi connectivity index (χ4v) is 2.84. The standard InChI is InChI=1S/C20H41NO2/c1-4-7-8-9-10-11-12-13-14-15-17-20(22)23-19-16-18-21(5-2)6-3/h4-19H2,1-3H3. The minimum atomic E-state index is -0.0101. The molecule has 0 aromatic heterocycles. The summed E-state index contributed by atoms with van der Waals surface area (Å²) in [7, 11) is 0. The van der Waals surface area contributed by atoms with Crippen molar-refractivity contribution in [1.82, 2.24) is 4.90 Å². The molecule has 0 rings (SSSR count). The molecule has 0 amide bonds. The van der Waals surface area contributed by atoms with E-state index in [0.29, 0.717) is 13.0 Å². The first-order chi connectivity index (χ1) is 11.2. The molecule has 0 N–H and O–H groups in total. The van der Waals surface area contributed by atoms with Gasteiger partial charge in [-0.2, -0.15) is 0 Å². The lowest BCUT2D eigenvalue weighted by atomic mass is 10.1. The van der Waals surface area contributed by atoms with Crippen LogP contribution in [0.4, 0.5) is 0 Å². The number of carbonyl (C=O) groups excluding carboxylic acids is 1. The molecule has 23 heavy (non-hydrogen) atoms. The molecule has 0 bridgehead atoms. The topological polar surface area (TPSA) is 29.5 Å². The van der Waals surface area contributed by atoms with Crippen LogP contribution in [0.25, 0.3) is 0 Å². The Morgan fingerprint density at radius 3 is 1.78 bits per heavy atom. The van der Waals surface area contributed by atoms with Gasteiger partial charge in [0.2, 0.25) is 0 Å². The highest BCUT2D eigenvalue weighted by Gasteiger charge is 2.04. The molecule has 0 aliphatic carbocycles. The van der Waals surface area contributed by atoms with Crippen molar-refractivity contribution in [3.8, 4) is 0 Å². The van der Waals surface area contributed by atoms with Crippen LogP contribution in [0, 0.1) is 0 Å². The third-order valence-corrected chi connectivity index (χ3v) is 4.51. The summed E-state index contributed by atoms with van der Waals surface area (Å²) in [6, 6.07) is 0. The van der Waals surface area contributed by atoms with Crippen LogP contribution in [0.5, 0.6) is 0 Å². The summed E-state index contributed by atoms with van der Waals surface area (Å²) in [5.74, 6) is -0.0101. The van der Waals surface area contributed by atoms with E-state index in [0.717, 1.165) is 32.5 Å². The van der Waals surface area contributed by atoms with E-state index in [1.807, 2.05) is 0 Å². The molecule has 3 heteroatoms. The van der Waals surface area contributed by atoms with E-state index in [4.69, 9.17) is 4.74 Å². The van der Waals surface area contributed by atoms with Gasteiger partial charge in [0.25, 0.3) is 0 Å². The van der Waals surface area contributed by atoms with Crippen molar-refractivity contribution < 1.29 is 9.53 Å². The minimum absolute atomic E-state index is 0.0101. The van der Waals surface area contributed by atoms with Crippen molar-refractivity contribution in [2.75, 3.05) is 26.2 Å². The Labute approximate surface area is 145 Å². The number of unbranched alkanes of at least 4 members (excludes halogenated alkanes) is 9. The summed E-state index contributed by atoms with van der Waals surface area (Å²) < 4.78 is 5.30. The Hall–Kier alpha value is -0.570. The van der Waals surface area contributed by atoms with Crippen LogP contribution in [0.1, 0.15) is 97.8 Å². The highest BCUT2D eigenvalue weighted by Crippen LogP contribution is 2.11. The van der Waals surface area contributed by atoms with Gasteiger partial charge >= 0.3 is 5.97 Å². The predicted octanol–water partition coefficient (Wildman–Crippen LogP) is 5.57. The van der Waals surface area contributed by atoms with Gasteiger partial charge in [-0.1, -0.05) is 78.6 Å². The van der Waals surface area contributed by atoms with Crippen LogP contribution < -0.4 is 0 Å². The molecule has 0 heterocycles. The maximum Gasteiger partial charge on any atom is 0.305 e. The lowest BCUT2D eigenvalue weighted by molar-refractivity contribution is -0.143. The molecule has 0 unspecified atom stereocenters. The van der Waals surface area contributed by atoms with Crippen LogP contribution in [0.2, 0.25) is 0 Å². The largest absolute Gasteiger partial charge is 0.466 e. The number of hydrogen-bond acceptors (Lipinski definition) is 3. The average molecular weight is 328 g/mol. The molecule has 0 saturated heterocycles. The second kappa shape index (κ2) is 17.8. The zero-order chi connectivity index (χ0) is 17.2. The maximum absolute atomic E-state index is 11.6. The zero-order valence-corrected chi connectivity index (χ0v) is 16.1. The first kappa shape index (κ1) is 22.4. The summed E-state index contributed by atoms with van der Waals surface area (Å²) in [6.07, 6.45) is 14.6. The Balaban J connectivity index is 3.24. The molecular weight excluding hydrogens is 286 g/mol. The number of rotatable bonds is 17. The number of hydrogen-bond donors (Lipinski definition) is 0. The normalized spacial score (nSPS) is 11.1. The van der Waals surface area contributed by atoms with Crippen LogP contribution in [0.3, 0.4) is 0 Å². The third-order valence-electron chi connectivity index (χ3n) is 4.51. The minimum Gasteiger partial charge on any atom is -0.466 e. The molecule has 3 nitrogen and oxygen atoms in total. The summed E-state index contributed by atoms with van der Waals surface area (Å²) >= 11 is 0. The smallest absolute Gasteiger partial charge is 0.305 e. The predicted molar refractivity (Wildman–Crippen MR) is 99.8 cm³/mol. The van der Waals surface area contributed by atoms with Gasteiger partial charge < -0.3 is 9.64 Å². The van der Waals surface area contributed by atoms with Crippen molar-refractivity contribution >= 4 is 5.97 Å². The van der Waals surface area contributed by atoms with Crippen molar-refractivity contribution in [3.05, 3.63) is 0 Å². The third kappa shape index (κ3) is 16.1. The lowest BCUT2D eigenvalue weighted by Gasteiger charge is -2.17. The van der Waals surface area contributed by atoms with Crippen LogP contribution in [0.15, 0.2) is 0 Å². The molecule has 0 fully saturated rings. The maximum atomic E-state index is 11.6. The highest BCUT2D eigenvalue weighted by molar-refractivity contribution is 5.69. The van der Waals surface area contributed by atoms with Gasteiger partial charge in [0.15, 0.2) is 0 Å². The molecule has 0 aliphatic rings. The SMILES string of the molecule is CCCCCCCCCCCCC(=O)OCCCN(CC)CC. The highest BCUT2D eigenvalue weighted by atomic mass is 16.5. The Bertz CT molecular complexity index is 252. The summed E-state index contributed by atoms with van der Waals surface area (Å²) in [5.41, 5.74) is 0. The zero-order valence-electron chi connectivity index (χ0n) is 16.1. The van der Waals surface area contributed by atoms with Crippen molar-refractivity contribution in [2.45, 2.75) is 97.8 Å². The fourth-order valence-electron chi connectivity index (χ4n) is 2.84. The van der Waals surface area contributed by atoms with Crippen molar-refractivity contribution in [3.63, 3.8) is 0 Å². The van der Waals surface area contributed by atoms with Gasteiger partial charge in [-0.15, -0.1) is 0 Å². The van der Waals surface area contributed by atoms with E-state index in [1.165, 1.54) is 57.8 Å². The molecule has 0 aromatic carbocycles. The van der Waals surface area contributed by atoms with Crippen molar-refractivity contribution in [2.24, 2.45) is 0 Å². The van der Waals surface area contributed by atoms with E-state index in [2.05, 4.69) is 25.7 Å². The second-order valence-electron chi connectivity index (χ2n) is 6.53. The fraction of sp³-hybridized carbons (Fsp3) is 0.950. The number of ether oxygens (including phenoxy) is 1. The molecule has 0 aliphatic heterocycles. The van der Waals surface area contributed by atoms with Gasteiger partial charge in [-0.05, 0) is 25.9 Å². The Morgan fingerprint density at radius 2 is 1.26 bits per heavy atom.